The summed E-state index contributed by atoms with van der Waals surface area (Å²) < 4.78 is 0. The van der Waals surface area contributed by atoms with Gasteiger partial charge in [0.1, 0.15) is 0 Å². The van der Waals surface area contributed by atoms with E-state index < -0.39 is 0 Å². The third-order valence-corrected chi connectivity index (χ3v) is 2.65. The van der Waals surface area contributed by atoms with Crippen LogP contribution in [0.3, 0.4) is 0 Å². The maximum Gasteiger partial charge on any atom is 0.0998 e. The van der Waals surface area contributed by atoms with Crippen LogP contribution in [0.25, 0.3) is 0 Å². The van der Waals surface area contributed by atoms with E-state index in [2.05, 4.69) is 6.07 Å². The van der Waals surface area contributed by atoms with Crippen LogP contribution >= 0.6 is 0 Å². The third-order valence-electron chi connectivity index (χ3n) is 2.65. The molecule has 1 aliphatic rings. The van der Waals surface area contributed by atoms with Crippen molar-refractivity contribution in [2.45, 2.75) is 25.9 Å². The van der Waals surface area contributed by atoms with E-state index in [9.17, 15) is 0 Å². The highest BCUT2D eigenvalue weighted by molar-refractivity contribution is 5.50. The van der Waals surface area contributed by atoms with E-state index in [1.54, 1.807) is 0 Å². The fraction of sp³-hybridized carbons (Fsp3) is 0.364. The molecule has 1 aromatic carbocycles. The predicted octanol–water partition coefficient (Wildman–Crippen LogP) is 1.54. The highest BCUT2D eigenvalue weighted by Crippen LogP contribution is 2.27. The zero-order chi connectivity index (χ0) is 9.26. The van der Waals surface area contributed by atoms with Crippen molar-refractivity contribution < 1.29 is 5.11 Å². The molecule has 0 aliphatic heterocycles. The molecule has 1 aliphatic carbocycles. The molecule has 2 nitrogen and oxygen atoms in total. The number of benzene rings is 1. The monoisotopic (exact) mass is 173 g/mol. The first-order valence-corrected chi connectivity index (χ1v) is 4.51. The molecular formula is C11H11NO. The fourth-order valence-electron chi connectivity index (χ4n) is 1.99. The topological polar surface area (TPSA) is 44.0 Å². The second-order valence-corrected chi connectivity index (χ2v) is 3.36. The van der Waals surface area contributed by atoms with Gasteiger partial charge in [0.05, 0.1) is 18.2 Å². The molecule has 1 N–H and O–H groups in total. The Balaban J connectivity index is 2.61. The standard InChI is InChI=1S/C11H11NO/c12-6-11-9(7-13)5-4-8-2-1-3-10(8)11/h4-5,13H,1-3,7H2. The second kappa shape index (κ2) is 3.20. The van der Waals surface area contributed by atoms with E-state index >= 15 is 0 Å². The maximum absolute atomic E-state index is 9.03. The number of aliphatic hydroxyl groups excluding tert-OH is 1. The molecule has 0 bridgehead atoms. The molecule has 0 aromatic heterocycles. The summed E-state index contributed by atoms with van der Waals surface area (Å²) in [6, 6.07) is 6.09. The Morgan fingerprint density at radius 3 is 2.92 bits per heavy atom. The number of hydrogen-bond acceptors (Lipinski definition) is 2. The van der Waals surface area contributed by atoms with Crippen LogP contribution in [0.1, 0.15) is 28.7 Å². The van der Waals surface area contributed by atoms with Crippen molar-refractivity contribution in [3.05, 3.63) is 34.4 Å². The first-order chi connectivity index (χ1) is 6.36. The van der Waals surface area contributed by atoms with E-state index in [-0.39, 0.29) is 6.61 Å². The molecule has 0 saturated carbocycles. The third kappa shape index (κ3) is 1.22. The number of rotatable bonds is 1. The van der Waals surface area contributed by atoms with Gasteiger partial charge in [-0.2, -0.15) is 5.26 Å². The Morgan fingerprint density at radius 2 is 2.23 bits per heavy atom. The van der Waals surface area contributed by atoms with Gasteiger partial charge in [-0.3, -0.25) is 0 Å². The number of fused-ring (bicyclic) bond motifs is 1. The summed E-state index contributed by atoms with van der Waals surface area (Å²) in [6.07, 6.45) is 3.21. The number of aryl methyl sites for hydroxylation is 1. The first-order valence-electron chi connectivity index (χ1n) is 4.51. The number of nitrogens with zero attached hydrogens (tertiary/aromatic N) is 1. The zero-order valence-corrected chi connectivity index (χ0v) is 7.38. The molecule has 13 heavy (non-hydrogen) atoms. The van der Waals surface area contributed by atoms with Gasteiger partial charge in [0.15, 0.2) is 0 Å². The molecule has 0 heterocycles. The quantitative estimate of drug-likeness (QED) is 0.700. The minimum Gasteiger partial charge on any atom is -0.392 e. The average Bonchev–Trinajstić information content (AvgIpc) is 2.63. The van der Waals surface area contributed by atoms with Gasteiger partial charge in [-0.1, -0.05) is 12.1 Å². The predicted molar refractivity (Wildman–Crippen MR) is 49.1 cm³/mol. The summed E-state index contributed by atoms with van der Waals surface area (Å²) in [6.45, 7) is -0.0316. The van der Waals surface area contributed by atoms with Crippen molar-refractivity contribution in [3.63, 3.8) is 0 Å². The highest BCUT2D eigenvalue weighted by Gasteiger charge is 2.16. The SMILES string of the molecule is N#Cc1c(CO)ccc2c1CCC2. The van der Waals surface area contributed by atoms with Gasteiger partial charge in [-0.15, -0.1) is 0 Å². The first kappa shape index (κ1) is 8.28. The molecule has 66 valence electrons. The van der Waals surface area contributed by atoms with Crippen LogP contribution in [-0.2, 0) is 19.4 Å². The van der Waals surface area contributed by atoms with Crippen molar-refractivity contribution in [2.24, 2.45) is 0 Å². The second-order valence-electron chi connectivity index (χ2n) is 3.36. The molecule has 1 aromatic rings. The maximum atomic E-state index is 9.03. The minimum absolute atomic E-state index is 0.0316. The Morgan fingerprint density at radius 1 is 1.38 bits per heavy atom. The van der Waals surface area contributed by atoms with Crippen LogP contribution < -0.4 is 0 Å². The molecule has 0 unspecified atom stereocenters. The van der Waals surface area contributed by atoms with Crippen LogP contribution in [0.4, 0.5) is 0 Å². The summed E-state index contributed by atoms with van der Waals surface area (Å²) in [4.78, 5) is 0. The number of aliphatic hydroxyl groups is 1. The Hall–Kier alpha value is -1.33. The Labute approximate surface area is 77.4 Å². The van der Waals surface area contributed by atoms with Gasteiger partial charge in [0.25, 0.3) is 0 Å². The van der Waals surface area contributed by atoms with Crippen molar-refractivity contribution >= 4 is 0 Å². The largest absolute Gasteiger partial charge is 0.392 e. The van der Waals surface area contributed by atoms with Gasteiger partial charge in [-0.05, 0) is 36.0 Å². The molecular weight excluding hydrogens is 162 g/mol. The van der Waals surface area contributed by atoms with E-state index in [1.165, 1.54) is 5.56 Å². The van der Waals surface area contributed by atoms with Crippen LogP contribution in [0, 0.1) is 11.3 Å². The fourth-order valence-corrected chi connectivity index (χ4v) is 1.99. The lowest BCUT2D eigenvalue weighted by Crippen LogP contribution is -1.96. The molecule has 0 fully saturated rings. The van der Waals surface area contributed by atoms with Gasteiger partial charge < -0.3 is 5.11 Å². The molecule has 0 radical (unpaired) electrons. The van der Waals surface area contributed by atoms with E-state index in [0.29, 0.717) is 5.56 Å². The summed E-state index contributed by atoms with van der Waals surface area (Å²) in [5.74, 6) is 0. The lowest BCUT2D eigenvalue weighted by atomic mass is 9.99. The lowest BCUT2D eigenvalue weighted by Gasteiger charge is -2.05. The molecule has 0 saturated heterocycles. The highest BCUT2D eigenvalue weighted by atomic mass is 16.3. The van der Waals surface area contributed by atoms with Crippen LogP contribution in [-0.4, -0.2) is 5.11 Å². The molecule has 0 atom stereocenters. The minimum atomic E-state index is -0.0316. The van der Waals surface area contributed by atoms with Crippen molar-refractivity contribution in [3.8, 4) is 6.07 Å². The van der Waals surface area contributed by atoms with E-state index in [1.807, 2.05) is 12.1 Å². The molecule has 0 spiro atoms. The van der Waals surface area contributed by atoms with Gasteiger partial charge >= 0.3 is 0 Å². The number of nitriles is 1. The summed E-state index contributed by atoms with van der Waals surface area (Å²) in [7, 11) is 0. The Bertz CT molecular complexity index is 376. The van der Waals surface area contributed by atoms with Gasteiger partial charge in [0, 0.05) is 0 Å². The van der Waals surface area contributed by atoms with E-state index in [4.69, 9.17) is 10.4 Å². The molecule has 0 amide bonds. The summed E-state index contributed by atoms with van der Waals surface area (Å²) >= 11 is 0. The van der Waals surface area contributed by atoms with Gasteiger partial charge in [-0.25, -0.2) is 0 Å². The van der Waals surface area contributed by atoms with Crippen molar-refractivity contribution in [2.75, 3.05) is 0 Å². The molecule has 2 heteroatoms. The van der Waals surface area contributed by atoms with Crippen LogP contribution in [0.5, 0.6) is 0 Å². The zero-order valence-electron chi connectivity index (χ0n) is 7.38. The van der Waals surface area contributed by atoms with E-state index in [0.717, 1.165) is 30.4 Å². The Kier molecular flexibility index (Phi) is 2.03. The van der Waals surface area contributed by atoms with Crippen molar-refractivity contribution in [1.82, 2.24) is 0 Å². The van der Waals surface area contributed by atoms with Crippen LogP contribution in [0.2, 0.25) is 0 Å². The van der Waals surface area contributed by atoms with Crippen molar-refractivity contribution in [1.29, 1.82) is 5.26 Å². The lowest BCUT2D eigenvalue weighted by molar-refractivity contribution is 0.281. The molecule has 2 rings (SSSR count). The average molecular weight is 173 g/mol. The summed E-state index contributed by atoms with van der Waals surface area (Å²) in [5, 5.41) is 18.0. The van der Waals surface area contributed by atoms with Crippen LogP contribution in [0.15, 0.2) is 12.1 Å². The summed E-state index contributed by atoms with van der Waals surface area (Å²) in [5.41, 5.74) is 3.92. The smallest absolute Gasteiger partial charge is 0.0998 e. The normalized spacial score (nSPS) is 13.8. The number of hydrogen-bond donors (Lipinski definition) is 1. The van der Waals surface area contributed by atoms with Gasteiger partial charge in [0.2, 0.25) is 0 Å².